The van der Waals surface area contributed by atoms with Crippen LogP contribution in [0.1, 0.15) is 104 Å². The van der Waals surface area contributed by atoms with Crippen molar-refractivity contribution in [3.63, 3.8) is 0 Å². The molecule has 4 aromatic heterocycles. The van der Waals surface area contributed by atoms with Gasteiger partial charge in [-0.05, 0) is 123 Å². The van der Waals surface area contributed by atoms with Crippen LogP contribution in [0.4, 0.5) is 0 Å². The van der Waals surface area contributed by atoms with E-state index in [0.29, 0.717) is 53.8 Å². The van der Waals surface area contributed by atoms with Crippen molar-refractivity contribution in [3.05, 3.63) is 91.0 Å². The summed E-state index contributed by atoms with van der Waals surface area (Å²) < 4.78 is 16.2. The molecule has 3 fully saturated rings. The van der Waals surface area contributed by atoms with Crippen molar-refractivity contribution < 1.29 is 52.9 Å². The molecule has 0 saturated carbocycles. The van der Waals surface area contributed by atoms with E-state index in [9.17, 15) is 33.6 Å². The molecule has 4 amide bonds. The molecule has 33 heteroatoms. The molecule has 3 atom stereocenters. The van der Waals surface area contributed by atoms with Gasteiger partial charge in [-0.15, -0.1) is 0 Å². The van der Waals surface area contributed by atoms with Gasteiger partial charge in [0.1, 0.15) is 5.69 Å². The number of carbonyl (C=O) groups excluding carboxylic acids is 7. The van der Waals surface area contributed by atoms with E-state index < -0.39 is 23.8 Å². The van der Waals surface area contributed by atoms with Crippen molar-refractivity contribution in [1.82, 2.24) is 62.0 Å². The monoisotopic (exact) mass is 1220 g/mol. The van der Waals surface area contributed by atoms with E-state index in [0.717, 1.165) is 46.0 Å². The second-order valence-corrected chi connectivity index (χ2v) is 16.8. The van der Waals surface area contributed by atoms with Gasteiger partial charge >= 0.3 is 42.7 Å². The molecule has 11 N–H and O–H groups in total. The molecule has 3 aliphatic rings. The van der Waals surface area contributed by atoms with Gasteiger partial charge in [-0.1, -0.05) is 23.4 Å². The van der Waals surface area contributed by atoms with E-state index in [2.05, 4.69) is 111 Å². The Morgan fingerprint density at radius 1 is 0.658 bits per heavy atom. The van der Waals surface area contributed by atoms with E-state index in [1.165, 1.54) is 39.5 Å². The Labute approximate surface area is 473 Å². The summed E-state index contributed by atoms with van der Waals surface area (Å²) in [5, 5.41) is 15.8. The summed E-state index contributed by atoms with van der Waals surface area (Å²) in [7, 11) is 9.18. The number of rotatable bonds is 11. The van der Waals surface area contributed by atoms with Crippen LogP contribution in [-0.2, 0) is 46.8 Å². The number of methoxy groups -OCH3 is 3. The predicted octanol–water partition coefficient (Wildman–Crippen LogP) is 3.74. The number of alkyl halides is 1. The number of esters is 3. The van der Waals surface area contributed by atoms with E-state index >= 15 is 0 Å². The zero-order chi connectivity index (χ0) is 55.9. The van der Waals surface area contributed by atoms with Gasteiger partial charge in [0.25, 0.3) is 5.91 Å². The molecule has 417 valence electrons. The summed E-state index contributed by atoms with van der Waals surface area (Å²) in [6.07, 6.45) is 4.96. The van der Waals surface area contributed by atoms with Crippen LogP contribution in [0, 0.1) is 18.8 Å². The van der Waals surface area contributed by atoms with Gasteiger partial charge in [0.15, 0.2) is 17.1 Å². The zero-order valence-electron chi connectivity index (χ0n) is 41.2. The molecule has 3 aliphatic heterocycles. The molecule has 1 radical (unpaired) electrons. The molecular weight excluding hydrogens is 1170 g/mol. The molecular formula is C43H60BBrCl4N15O11S. The molecule has 76 heavy (non-hydrogen) atoms. The summed E-state index contributed by atoms with van der Waals surface area (Å²) in [6.45, 7) is 3.92. The minimum atomic E-state index is -0.640. The first-order valence-electron chi connectivity index (χ1n) is 21.5. The maximum atomic E-state index is 11.4. The van der Waals surface area contributed by atoms with E-state index in [4.69, 9.17) is 63.0 Å². The molecule has 26 nitrogen and oxygen atoms in total. The molecule has 0 spiro atoms. The SMILES string of the molecule is C.CO.COC(=O)c1cc(C)nc(Cl)n1.COC(=O)c1cc(CBr)nc(Cl)n1.COC(=O)c1cc(CCC2CCNC2=O)nc(Cl)n1.N.NC(=O)c1cc(CCC2CCNC2=O)nc(Cl)n1.N[C@H]1CCNC1=O.[B]=NS. The van der Waals surface area contributed by atoms with Gasteiger partial charge in [-0.3, -0.25) is 19.2 Å². The van der Waals surface area contributed by atoms with Crippen molar-refractivity contribution >= 4 is 124 Å². The van der Waals surface area contributed by atoms with Crippen LogP contribution in [0.3, 0.4) is 0 Å². The Hall–Kier alpha value is -5.66. The fourth-order valence-corrected chi connectivity index (χ4v) is 7.22. The summed E-state index contributed by atoms with van der Waals surface area (Å²) in [4.78, 5) is 108. The van der Waals surface area contributed by atoms with Crippen LogP contribution in [0.25, 0.3) is 0 Å². The van der Waals surface area contributed by atoms with Crippen LogP contribution in [0.15, 0.2) is 28.6 Å². The number of nitrogens with two attached hydrogens (primary N) is 2. The quantitative estimate of drug-likeness (QED) is 0.0265. The third kappa shape index (κ3) is 27.4. The summed E-state index contributed by atoms with van der Waals surface area (Å²) in [6, 6.07) is 5.86. The summed E-state index contributed by atoms with van der Waals surface area (Å²) >= 11 is 29.0. The number of thiol groups is 1. The van der Waals surface area contributed by atoms with Crippen molar-refractivity contribution in [3.8, 4) is 0 Å². The third-order valence-corrected chi connectivity index (χ3v) is 10.8. The first kappa shape index (κ1) is 72.4. The van der Waals surface area contributed by atoms with E-state index in [1.54, 1.807) is 13.0 Å². The maximum absolute atomic E-state index is 11.4. The molecule has 0 aromatic carbocycles. The fraction of sp³-hybridized carbons (Fsp3) is 0.465. The zero-order valence-corrected chi connectivity index (χ0v) is 46.7. The third-order valence-electron chi connectivity index (χ3n) is 9.57. The number of aryl methyl sites for hydroxylation is 3. The Morgan fingerprint density at radius 3 is 1.29 bits per heavy atom. The normalized spacial score (nSPS) is 15.2. The fourth-order valence-electron chi connectivity index (χ4n) is 6.10. The number of halogens is 5. The molecule has 0 bridgehead atoms. The van der Waals surface area contributed by atoms with Gasteiger partial charge in [0, 0.05) is 61.0 Å². The molecule has 2 unspecified atom stereocenters. The first-order valence-corrected chi connectivity index (χ1v) is 24.5. The second-order valence-electron chi connectivity index (χ2n) is 14.6. The van der Waals surface area contributed by atoms with Crippen LogP contribution in [0.5, 0.6) is 0 Å². The van der Waals surface area contributed by atoms with Gasteiger partial charge in [-0.25, -0.2) is 54.3 Å². The first-order chi connectivity index (χ1) is 35.2. The molecule has 0 aliphatic carbocycles. The predicted molar refractivity (Wildman–Crippen MR) is 290 cm³/mol. The Balaban J connectivity index is 0. The Bertz CT molecular complexity index is 2530. The number of aromatic nitrogens is 8. The van der Waals surface area contributed by atoms with Crippen molar-refractivity contribution in [2.45, 2.75) is 70.7 Å². The number of nitrogens with zero attached hydrogens (tertiary/aromatic N) is 9. The van der Waals surface area contributed by atoms with Gasteiger partial charge < -0.3 is 52.9 Å². The van der Waals surface area contributed by atoms with Gasteiger partial charge in [0.2, 0.25) is 38.9 Å². The number of nitrogens with one attached hydrogen (secondary N) is 3. The average Bonchev–Trinajstić information content (AvgIpc) is 4.11. The number of primary amides is 1. The Kier molecular flexibility index (Phi) is 37.8. The van der Waals surface area contributed by atoms with Crippen molar-refractivity contribution in [2.75, 3.05) is 48.1 Å². The number of aliphatic hydroxyl groups is 1. The number of hydrogen-bond donors (Lipinski definition) is 8. The summed E-state index contributed by atoms with van der Waals surface area (Å²) in [5.41, 5.74) is 13.5. The number of carbonyl (C=O) groups is 7. The molecule has 3 saturated heterocycles. The van der Waals surface area contributed by atoms with Crippen LogP contribution < -0.4 is 33.6 Å². The van der Waals surface area contributed by atoms with Crippen LogP contribution >= 0.6 is 75.1 Å². The molecule has 7 rings (SSSR count). The van der Waals surface area contributed by atoms with Gasteiger partial charge in [-0.2, -0.15) is 0 Å². The molecule has 7 heterocycles. The summed E-state index contributed by atoms with van der Waals surface area (Å²) in [5.74, 6) is -2.07. The average molecular weight is 1230 g/mol. The number of aliphatic hydroxyl groups excluding tert-OH is 1. The van der Waals surface area contributed by atoms with E-state index in [-0.39, 0.29) is 93.1 Å². The number of amides is 4. The van der Waals surface area contributed by atoms with Crippen molar-refractivity contribution in [1.29, 1.82) is 0 Å². The van der Waals surface area contributed by atoms with Crippen molar-refractivity contribution in [2.24, 2.45) is 27.6 Å². The number of hydrogen-bond acceptors (Lipinski definition) is 23. The number of ether oxygens (including phenoxy) is 3. The minimum absolute atomic E-state index is 0. The van der Waals surface area contributed by atoms with E-state index in [1.807, 2.05) is 0 Å². The molecule has 4 aromatic rings. The van der Waals surface area contributed by atoms with Crippen LogP contribution in [-0.4, -0.2) is 148 Å². The topological polar surface area (TPSA) is 406 Å². The second kappa shape index (κ2) is 39.7. The Morgan fingerprint density at radius 2 is 0.987 bits per heavy atom. The standard InChI is InChI=1S/C12H14ClN3O3.C11H13ClN4O2.C7H6BrClN2O2.C7H7ClN2O2.C4H8N2O.CH4O.CH4.BHNS.H3N/c1-19-11(18)9-6-8(15-12(13)16-9)3-2-7-4-5-14-10(7)17;12-11-15-7(5-8(16-11)9(13)17)2-1-6-3-4-14-10(6)18;1-13-6(12)5-2-4(3-8)10-7(9)11-5;1-4-3-5(6(11)12-2)10-7(8)9-4;5-3-1-2-6-4(3)7;1-2;;1-2-3;/h6-7H,2-5H2,1H3,(H,14,17);5-6H,1-4H2,(H2,13,17)(H,14,18);2H,3H2,1H3;3H,1-2H3;3H,1-2,5H2,(H,6,7);2H,1H3;1H4;3H;1H3/t;;;;3-;;;;/m....0..../s1. The van der Waals surface area contributed by atoms with Crippen LogP contribution in [0.2, 0.25) is 21.1 Å². The van der Waals surface area contributed by atoms with Gasteiger partial charge in [0.05, 0.1) is 33.1 Å².